The standard InChI is InChI=1S/C15H18N4O7/c1-22-14(21)7-3-19(12-11(7)13(20)18-15(16)17-12)10-2-8-9(26-10)4-23-5-24-6-25-8/h3,8-10H,2,4-6H2,1H3,(H3,16,17,18,20)/t8?,9-,10+/m0/s1. The molecule has 0 aliphatic carbocycles. The van der Waals surface area contributed by atoms with E-state index in [9.17, 15) is 9.59 Å². The number of fused-ring (bicyclic) bond motifs is 2. The van der Waals surface area contributed by atoms with Crippen LogP contribution in [-0.4, -0.2) is 60.0 Å². The van der Waals surface area contributed by atoms with Gasteiger partial charge in [-0.3, -0.25) is 9.78 Å². The van der Waals surface area contributed by atoms with Crippen molar-refractivity contribution in [2.75, 3.05) is 33.0 Å². The zero-order chi connectivity index (χ0) is 18.3. The highest BCUT2D eigenvalue weighted by Gasteiger charge is 2.39. The van der Waals surface area contributed by atoms with Gasteiger partial charge in [0.25, 0.3) is 5.56 Å². The number of hydrogen-bond acceptors (Lipinski definition) is 9. The van der Waals surface area contributed by atoms with Gasteiger partial charge >= 0.3 is 5.97 Å². The Hall–Kier alpha value is -2.47. The average molecular weight is 366 g/mol. The molecule has 4 rings (SSSR count). The Balaban J connectivity index is 1.77. The Morgan fingerprint density at radius 1 is 1.38 bits per heavy atom. The molecule has 26 heavy (non-hydrogen) atoms. The van der Waals surface area contributed by atoms with E-state index in [1.54, 1.807) is 4.57 Å². The number of nitrogens with one attached hydrogen (secondary N) is 1. The maximum atomic E-state index is 12.3. The van der Waals surface area contributed by atoms with Gasteiger partial charge in [-0.25, -0.2) is 4.79 Å². The number of nitrogens with two attached hydrogens (primary N) is 1. The van der Waals surface area contributed by atoms with Gasteiger partial charge in [-0.15, -0.1) is 0 Å². The fraction of sp³-hybridized carbons (Fsp3) is 0.533. The average Bonchev–Trinajstić information content (AvgIpc) is 3.15. The molecule has 4 heterocycles. The van der Waals surface area contributed by atoms with Gasteiger partial charge in [-0.2, -0.15) is 4.98 Å². The number of rotatable bonds is 2. The van der Waals surface area contributed by atoms with E-state index in [1.165, 1.54) is 13.3 Å². The van der Waals surface area contributed by atoms with Gasteiger partial charge in [0.05, 0.1) is 30.8 Å². The summed E-state index contributed by atoms with van der Waals surface area (Å²) in [6, 6.07) is 0. The summed E-state index contributed by atoms with van der Waals surface area (Å²) in [6.45, 7) is 0.534. The number of H-pyrrole nitrogens is 1. The molecule has 3 N–H and O–H groups in total. The van der Waals surface area contributed by atoms with Gasteiger partial charge in [0.15, 0.2) is 5.65 Å². The molecule has 2 aliphatic rings. The van der Waals surface area contributed by atoms with Crippen LogP contribution in [-0.2, 0) is 23.7 Å². The number of hydrogen-bond donors (Lipinski definition) is 2. The van der Waals surface area contributed by atoms with Crippen molar-refractivity contribution in [3.63, 3.8) is 0 Å². The van der Waals surface area contributed by atoms with E-state index >= 15 is 0 Å². The van der Waals surface area contributed by atoms with Crippen molar-refractivity contribution in [1.82, 2.24) is 14.5 Å². The number of nitrogens with zero attached hydrogens (tertiary/aromatic N) is 2. The lowest BCUT2D eigenvalue weighted by atomic mass is 10.2. The van der Waals surface area contributed by atoms with Crippen molar-refractivity contribution in [3.05, 3.63) is 22.1 Å². The summed E-state index contributed by atoms with van der Waals surface area (Å²) in [6.07, 6.45) is 0.886. The largest absolute Gasteiger partial charge is 0.465 e. The highest BCUT2D eigenvalue weighted by molar-refractivity contribution is 6.03. The van der Waals surface area contributed by atoms with Crippen LogP contribution in [0.3, 0.4) is 0 Å². The molecule has 0 radical (unpaired) electrons. The van der Waals surface area contributed by atoms with E-state index in [4.69, 9.17) is 29.4 Å². The Morgan fingerprint density at radius 2 is 2.23 bits per heavy atom. The number of methoxy groups -OCH3 is 1. The molecule has 140 valence electrons. The summed E-state index contributed by atoms with van der Waals surface area (Å²) < 4.78 is 28.5. The minimum atomic E-state index is -0.650. The first-order chi connectivity index (χ1) is 12.6. The molecule has 0 saturated carbocycles. The monoisotopic (exact) mass is 366 g/mol. The number of ether oxygens (including phenoxy) is 5. The summed E-state index contributed by atoms with van der Waals surface area (Å²) in [5.41, 5.74) is 5.47. The molecule has 1 unspecified atom stereocenters. The normalized spacial score (nSPS) is 26.3. The highest BCUT2D eigenvalue weighted by Crippen LogP contribution is 2.34. The Morgan fingerprint density at radius 3 is 3.04 bits per heavy atom. The Bertz CT molecular complexity index is 876. The highest BCUT2D eigenvalue weighted by atomic mass is 16.8. The van der Waals surface area contributed by atoms with Crippen molar-refractivity contribution in [2.45, 2.75) is 24.9 Å². The van der Waals surface area contributed by atoms with Crippen LogP contribution in [0.4, 0.5) is 5.95 Å². The zero-order valence-electron chi connectivity index (χ0n) is 14.0. The number of nitrogen functional groups attached to an aromatic ring is 1. The molecule has 2 fully saturated rings. The first-order valence-electron chi connectivity index (χ1n) is 7.99. The van der Waals surface area contributed by atoms with Crippen molar-refractivity contribution in [1.29, 1.82) is 0 Å². The molecule has 2 aromatic rings. The van der Waals surface area contributed by atoms with Crippen molar-refractivity contribution < 1.29 is 28.5 Å². The molecular formula is C15H18N4O7. The first-order valence-corrected chi connectivity index (χ1v) is 7.99. The fourth-order valence-corrected chi connectivity index (χ4v) is 3.25. The quantitative estimate of drug-likeness (QED) is 0.687. The number of aromatic amines is 1. The number of anilines is 1. The van der Waals surface area contributed by atoms with Gasteiger partial charge in [0.2, 0.25) is 5.95 Å². The molecule has 0 bridgehead atoms. The minimum absolute atomic E-state index is 0.0599. The number of carbonyl (C=O) groups is 1. The summed E-state index contributed by atoms with van der Waals surface area (Å²) in [7, 11) is 1.24. The summed E-state index contributed by atoms with van der Waals surface area (Å²) in [5, 5.41) is 0.0967. The smallest absolute Gasteiger partial charge is 0.340 e. The zero-order valence-corrected chi connectivity index (χ0v) is 14.0. The van der Waals surface area contributed by atoms with Crippen LogP contribution in [0.15, 0.2) is 11.0 Å². The second kappa shape index (κ2) is 6.68. The molecule has 0 aromatic carbocycles. The van der Waals surface area contributed by atoms with Crippen LogP contribution in [0.2, 0.25) is 0 Å². The molecule has 2 saturated heterocycles. The van der Waals surface area contributed by atoms with Crippen molar-refractivity contribution >= 4 is 23.0 Å². The van der Waals surface area contributed by atoms with Gasteiger partial charge in [-0.05, 0) is 0 Å². The van der Waals surface area contributed by atoms with Crippen LogP contribution in [0.1, 0.15) is 23.0 Å². The van der Waals surface area contributed by atoms with E-state index in [2.05, 4.69) is 9.97 Å². The van der Waals surface area contributed by atoms with E-state index in [-0.39, 0.29) is 48.3 Å². The van der Waals surface area contributed by atoms with Crippen LogP contribution < -0.4 is 11.3 Å². The maximum Gasteiger partial charge on any atom is 0.340 e. The predicted octanol–water partition coefficient (Wildman–Crippen LogP) is -0.272. The Labute approximate surface area is 146 Å². The van der Waals surface area contributed by atoms with E-state index < -0.39 is 17.8 Å². The molecule has 0 spiro atoms. The summed E-state index contributed by atoms with van der Waals surface area (Å²) in [5.74, 6) is -0.710. The van der Waals surface area contributed by atoms with E-state index in [1.807, 2.05) is 0 Å². The third kappa shape index (κ3) is 2.84. The SMILES string of the molecule is COC(=O)c1cn([C@H]2CC3OCOCOC[C@@H]3O2)c2nc(N)[nH]c(=O)c12. The van der Waals surface area contributed by atoms with E-state index in [0.717, 1.165) is 0 Å². The molecule has 2 aromatic heterocycles. The van der Waals surface area contributed by atoms with Crippen LogP contribution in [0.5, 0.6) is 0 Å². The molecule has 2 aliphatic heterocycles. The van der Waals surface area contributed by atoms with Crippen LogP contribution in [0.25, 0.3) is 11.0 Å². The molecular weight excluding hydrogens is 348 g/mol. The lowest BCUT2D eigenvalue weighted by Gasteiger charge is -2.21. The lowest BCUT2D eigenvalue weighted by Crippen LogP contribution is -2.32. The van der Waals surface area contributed by atoms with Crippen LogP contribution >= 0.6 is 0 Å². The lowest BCUT2D eigenvalue weighted by molar-refractivity contribution is -0.200. The topological polar surface area (TPSA) is 140 Å². The Kier molecular flexibility index (Phi) is 4.36. The molecule has 11 nitrogen and oxygen atoms in total. The third-order valence-corrected chi connectivity index (χ3v) is 4.41. The minimum Gasteiger partial charge on any atom is -0.465 e. The van der Waals surface area contributed by atoms with Gasteiger partial charge in [0, 0.05) is 12.6 Å². The number of aromatic nitrogens is 3. The van der Waals surface area contributed by atoms with Crippen LogP contribution in [0, 0.1) is 0 Å². The molecule has 11 heteroatoms. The van der Waals surface area contributed by atoms with Gasteiger partial charge < -0.3 is 34.0 Å². The molecule has 0 amide bonds. The first kappa shape index (κ1) is 17.0. The fourth-order valence-electron chi connectivity index (χ4n) is 3.25. The van der Waals surface area contributed by atoms with Gasteiger partial charge in [0.1, 0.15) is 25.9 Å². The number of carbonyl (C=O) groups excluding carboxylic acids is 1. The summed E-state index contributed by atoms with van der Waals surface area (Å²) in [4.78, 5) is 31.0. The van der Waals surface area contributed by atoms with Crippen molar-refractivity contribution in [3.8, 4) is 0 Å². The van der Waals surface area contributed by atoms with Crippen molar-refractivity contribution in [2.24, 2.45) is 0 Å². The summed E-state index contributed by atoms with van der Waals surface area (Å²) >= 11 is 0. The maximum absolute atomic E-state index is 12.3. The predicted molar refractivity (Wildman–Crippen MR) is 86.3 cm³/mol. The third-order valence-electron chi connectivity index (χ3n) is 4.41. The number of esters is 1. The van der Waals surface area contributed by atoms with Gasteiger partial charge in [-0.1, -0.05) is 0 Å². The second-order valence-electron chi connectivity index (χ2n) is 5.97. The van der Waals surface area contributed by atoms with E-state index in [0.29, 0.717) is 13.0 Å². The second-order valence-corrected chi connectivity index (χ2v) is 5.97. The molecule has 3 atom stereocenters.